The maximum atomic E-state index is 2.44. The molecule has 0 saturated heterocycles. The minimum absolute atomic E-state index is 1.09. The Labute approximate surface area is 68.7 Å². The van der Waals surface area contributed by atoms with Crippen LogP contribution in [0.15, 0.2) is 12.2 Å². The predicted octanol–water partition coefficient (Wildman–Crippen LogP) is 3.00. The molecule has 4 bridgehead atoms. The fraction of sp³-hybridized carbons (Fsp3) is 0.818. The highest BCUT2D eigenvalue weighted by molar-refractivity contribution is 5.05. The van der Waals surface area contributed by atoms with Crippen LogP contribution in [-0.4, -0.2) is 0 Å². The minimum Gasteiger partial charge on any atom is -0.0882 e. The highest BCUT2D eigenvalue weighted by atomic mass is 14.5. The van der Waals surface area contributed by atoms with Crippen LogP contribution in [-0.2, 0) is 0 Å². The SMILES string of the molecule is C1=CCC2C3CCC2C(C1)C3. The van der Waals surface area contributed by atoms with Crippen LogP contribution in [0.1, 0.15) is 32.1 Å². The van der Waals surface area contributed by atoms with Gasteiger partial charge in [0.25, 0.3) is 0 Å². The summed E-state index contributed by atoms with van der Waals surface area (Å²) in [6.07, 6.45) is 12.4. The Hall–Kier alpha value is -0.260. The lowest BCUT2D eigenvalue weighted by atomic mass is 9.86. The fourth-order valence-corrected chi connectivity index (χ4v) is 3.79. The van der Waals surface area contributed by atoms with Crippen molar-refractivity contribution in [3.05, 3.63) is 12.2 Å². The summed E-state index contributed by atoms with van der Waals surface area (Å²) in [5.74, 6) is 4.47. The number of hydrogen-bond acceptors (Lipinski definition) is 0. The average Bonchev–Trinajstić information content (AvgIpc) is 2.42. The Kier molecular flexibility index (Phi) is 1.21. The third kappa shape index (κ3) is 0.758. The van der Waals surface area contributed by atoms with Crippen LogP contribution < -0.4 is 0 Å². The van der Waals surface area contributed by atoms with E-state index in [0.717, 1.165) is 23.7 Å². The van der Waals surface area contributed by atoms with Gasteiger partial charge in [0, 0.05) is 0 Å². The van der Waals surface area contributed by atoms with Gasteiger partial charge in [-0.2, -0.15) is 0 Å². The van der Waals surface area contributed by atoms with E-state index >= 15 is 0 Å². The Morgan fingerprint density at radius 3 is 2.73 bits per heavy atom. The summed E-state index contributed by atoms with van der Waals surface area (Å²) in [5, 5.41) is 0. The van der Waals surface area contributed by atoms with Gasteiger partial charge in [0.05, 0.1) is 0 Å². The van der Waals surface area contributed by atoms with E-state index in [1.807, 2.05) is 0 Å². The zero-order valence-electron chi connectivity index (χ0n) is 7.00. The zero-order chi connectivity index (χ0) is 7.26. The number of rotatable bonds is 0. The van der Waals surface area contributed by atoms with Crippen molar-refractivity contribution < 1.29 is 0 Å². The predicted molar refractivity (Wildman–Crippen MR) is 46.2 cm³/mol. The molecule has 0 heteroatoms. The molecule has 0 amide bonds. The van der Waals surface area contributed by atoms with Gasteiger partial charge in [-0.1, -0.05) is 12.2 Å². The van der Waals surface area contributed by atoms with Crippen LogP contribution in [0.25, 0.3) is 0 Å². The van der Waals surface area contributed by atoms with E-state index in [-0.39, 0.29) is 0 Å². The van der Waals surface area contributed by atoms with Crippen molar-refractivity contribution >= 4 is 0 Å². The lowest BCUT2D eigenvalue weighted by Crippen LogP contribution is -2.09. The summed E-state index contributed by atoms with van der Waals surface area (Å²) in [5.41, 5.74) is 0. The van der Waals surface area contributed by atoms with Crippen molar-refractivity contribution in [2.24, 2.45) is 23.7 Å². The molecule has 3 rings (SSSR count). The maximum Gasteiger partial charge on any atom is -0.0317 e. The van der Waals surface area contributed by atoms with Gasteiger partial charge in [-0.05, 0) is 55.8 Å². The third-order valence-corrected chi connectivity index (χ3v) is 4.25. The highest BCUT2D eigenvalue weighted by Gasteiger charge is 2.46. The normalized spacial score (nSPS) is 53.1. The van der Waals surface area contributed by atoms with Crippen LogP contribution >= 0.6 is 0 Å². The minimum atomic E-state index is 1.09. The summed E-state index contributed by atoms with van der Waals surface area (Å²) in [7, 11) is 0. The van der Waals surface area contributed by atoms with E-state index in [4.69, 9.17) is 0 Å². The van der Waals surface area contributed by atoms with Crippen molar-refractivity contribution in [1.82, 2.24) is 0 Å². The number of allylic oxidation sites excluding steroid dienone is 2. The molecule has 0 spiro atoms. The maximum absolute atomic E-state index is 2.44. The first-order valence-corrected chi connectivity index (χ1v) is 5.10. The molecule has 60 valence electrons. The van der Waals surface area contributed by atoms with Gasteiger partial charge in [0.15, 0.2) is 0 Å². The second-order valence-corrected chi connectivity index (χ2v) is 4.60. The molecule has 0 aliphatic heterocycles. The van der Waals surface area contributed by atoms with Gasteiger partial charge in [0.1, 0.15) is 0 Å². The molecule has 4 unspecified atom stereocenters. The van der Waals surface area contributed by atoms with Gasteiger partial charge in [-0.15, -0.1) is 0 Å². The Balaban J connectivity index is 1.95. The lowest BCUT2D eigenvalue weighted by Gasteiger charge is -2.19. The molecule has 0 aromatic heterocycles. The Morgan fingerprint density at radius 2 is 1.73 bits per heavy atom. The second-order valence-electron chi connectivity index (χ2n) is 4.60. The molecule has 3 aliphatic rings. The van der Waals surface area contributed by atoms with E-state index in [9.17, 15) is 0 Å². The summed E-state index contributed by atoms with van der Waals surface area (Å²) < 4.78 is 0. The molecule has 0 radical (unpaired) electrons. The van der Waals surface area contributed by atoms with E-state index in [0.29, 0.717) is 0 Å². The van der Waals surface area contributed by atoms with Gasteiger partial charge in [0.2, 0.25) is 0 Å². The molecule has 3 aliphatic carbocycles. The smallest absolute Gasteiger partial charge is 0.0317 e. The molecular weight excluding hydrogens is 132 g/mol. The van der Waals surface area contributed by atoms with Crippen molar-refractivity contribution in [2.45, 2.75) is 32.1 Å². The molecule has 2 saturated carbocycles. The third-order valence-electron chi connectivity index (χ3n) is 4.25. The highest BCUT2D eigenvalue weighted by Crippen LogP contribution is 2.56. The summed E-state index contributed by atoms with van der Waals surface area (Å²) in [4.78, 5) is 0. The molecule has 11 heavy (non-hydrogen) atoms. The zero-order valence-corrected chi connectivity index (χ0v) is 7.00. The molecule has 0 N–H and O–H groups in total. The summed E-state index contributed by atoms with van der Waals surface area (Å²) >= 11 is 0. The van der Waals surface area contributed by atoms with E-state index in [1.54, 1.807) is 19.3 Å². The summed E-state index contributed by atoms with van der Waals surface area (Å²) in [6, 6.07) is 0. The monoisotopic (exact) mass is 148 g/mol. The average molecular weight is 148 g/mol. The van der Waals surface area contributed by atoms with E-state index < -0.39 is 0 Å². The van der Waals surface area contributed by atoms with Crippen LogP contribution in [0.5, 0.6) is 0 Å². The van der Waals surface area contributed by atoms with E-state index in [2.05, 4.69) is 12.2 Å². The van der Waals surface area contributed by atoms with Crippen LogP contribution in [0.2, 0.25) is 0 Å². The van der Waals surface area contributed by atoms with Crippen molar-refractivity contribution in [1.29, 1.82) is 0 Å². The van der Waals surface area contributed by atoms with E-state index in [1.165, 1.54) is 12.8 Å². The van der Waals surface area contributed by atoms with Crippen LogP contribution in [0, 0.1) is 23.7 Å². The lowest BCUT2D eigenvalue weighted by molar-refractivity contribution is 0.325. The van der Waals surface area contributed by atoms with Gasteiger partial charge in [-0.3, -0.25) is 0 Å². The molecule has 0 aromatic carbocycles. The molecule has 4 atom stereocenters. The Bertz CT molecular complexity index is 192. The molecule has 2 fully saturated rings. The standard InChI is InChI=1S/C11H16/c1-2-4-10-9-5-6-11(10)8(3-1)7-9/h1-2,8-11H,3-7H2. The van der Waals surface area contributed by atoms with Crippen molar-refractivity contribution in [3.63, 3.8) is 0 Å². The van der Waals surface area contributed by atoms with Gasteiger partial charge >= 0.3 is 0 Å². The van der Waals surface area contributed by atoms with Crippen molar-refractivity contribution in [3.8, 4) is 0 Å². The largest absolute Gasteiger partial charge is 0.0882 e. The van der Waals surface area contributed by atoms with Crippen molar-refractivity contribution in [2.75, 3.05) is 0 Å². The molecular formula is C11H16. The quantitative estimate of drug-likeness (QED) is 0.463. The summed E-state index contributed by atoms with van der Waals surface area (Å²) in [6.45, 7) is 0. The van der Waals surface area contributed by atoms with Crippen LogP contribution in [0.3, 0.4) is 0 Å². The Morgan fingerprint density at radius 1 is 0.818 bits per heavy atom. The molecule has 0 nitrogen and oxygen atoms in total. The van der Waals surface area contributed by atoms with Gasteiger partial charge in [-0.25, -0.2) is 0 Å². The molecule has 0 aromatic rings. The fourth-order valence-electron chi connectivity index (χ4n) is 3.79. The number of hydrogen-bond donors (Lipinski definition) is 0. The first-order valence-electron chi connectivity index (χ1n) is 5.10. The van der Waals surface area contributed by atoms with Crippen LogP contribution in [0.4, 0.5) is 0 Å². The van der Waals surface area contributed by atoms with Gasteiger partial charge < -0.3 is 0 Å². The first kappa shape index (κ1) is 6.28. The molecule has 0 heterocycles. The first-order chi connectivity index (χ1) is 5.45. The topological polar surface area (TPSA) is 0 Å². The second kappa shape index (κ2) is 2.12.